The van der Waals surface area contributed by atoms with E-state index in [-0.39, 0.29) is 18.1 Å². The fraction of sp³-hybridized carbons (Fsp3) is 0.333. The Balaban J connectivity index is 1.60. The van der Waals surface area contributed by atoms with Crippen molar-refractivity contribution in [3.8, 4) is 11.5 Å². The van der Waals surface area contributed by atoms with E-state index >= 15 is 0 Å². The van der Waals surface area contributed by atoms with E-state index in [1.54, 1.807) is 37.6 Å². The number of hydrazone groups is 1. The molecule has 1 aliphatic rings. The minimum absolute atomic E-state index is 0.0146. The molecule has 0 bridgehead atoms. The van der Waals surface area contributed by atoms with Crippen molar-refractivity contribution in [1.82, 2.24) is 5.43 Å². The standard InChI is InChI=1S/C24H29N3O3/c1-6-27-22-12-7-18(13-21(22)17(2)14-24(27,3)4)15-25-26-23(28)16-30-20-10-8-19(29-5)9-11-20/h7-15H,6,16H2,1-5H3,(H,26,28)/b25-15-. The van der Waals surface area contributed by atoms with Gasteiger partial charge in [0.1, 0.15) is 11.5 Å². The van der Waals surface area contributed by atoms with E-state index in [0.29, 0.717) is 5.75 Å². The Hall–Kier alpha value is -3.28. The quantitative estimate of drug-likeness (QED) is 0.551. The number of rotatable bonds is 7. The average molecular weight is 408 g/mol. The van der Waals surface area contributed by atoms with Crippen molar-refractivity contribution in [1.29, 1.82) is 0 Å². The second kappa shape index (κ2) is 9.03. The van der Waals surface area contributed by atoms with Gasteiger partial charge < -0.3 is 14.4 Å². The molecule has 2 aromatic carbocycles. The molecule has 30 heavy (non-hydrogen) atoms. The van der Waals surface area contributed by atoms with Gasteiger partial charge in [-0.15, -0.1) is 0 Å². The zero-order valence-corrected chi connectivity index (χ0v) is 18.2. The van der Waals surface area contributed by atoms with Gasteiger partial charge in [0.2, 0.25) is 0 Å². The Labute approximate surface area is 178 Å². The summed E-state index contributed by atoms with van der Waals surface area (Å²) in [6.45, 7) is 9.56. The number of carbonyl (C=O) groups is 1. The molecule has 1 aliphatic heterocycles. The molecule has 0 aliphatic carbocycles. The Morgan fingerprint density at radius 3 is 2.53 bits per heavy atom. The van der Waals surface area contributed by atoms with Crippen LogP contribution in [0.2, 0.25) is 0 Å². The Bertz CT molecular complexity index is 962. The highest BCUT2D eigenvalue weighted by Gasteiger charge is 2.29. The van der Waals surface area contributed by atoms with Crippen LogP contribution in [-0.4, -0.2) is 37.9 Å². The van der Waals surface area contributed by atoms with Crippen LogP contribution >= 0.6 is 0 Å². The molecular weight excluding hydrogens is 378 g/mol. The second-order valence-electron chi connectivity index (χ2n) is 7.76. The number of fused-ring (bicyclic) bond motifs is 1. The first-order valence-electron chi connectivity index (χ1n) is 10.0. The van der Waals surface area contributed by atoms with Gasteiger partial charge in [-0.1, -0.05) is 12.1 Å². The molecule has 0 aromatic heterocycles. The van der Waals surface area contributed by atoms with Crippen LogP contribution in [0.5, 0.6) is 11.5 Å². The summed E-state index contributed by atoms with van der Waals surface area (Å²) in [5.74, 6) is 1.00. The van der Waals surface area contributed by atoms with Gasteiger partial charge in [-0.25, -0.2) is 5.43 Å². The van der Waals surface area contributed by atoms with Crippen LogP contribution in [-0.2, 0) is 4.79 Å². The van der Waals surface area contributed by atoms with Gasteiger partial charge >= 0.3 is 0 Å². The zero-order chi connectivity index (χ0) is 21.7. The molecule has 158 valence electrons. The van der Waals surface area contributed by atoms with E-state index < -0.39 is 0 Å². The number of benzene rings is 2. The number of hydrogen-bond acceptors (Lipinski definition) is 5. The van der Waals surface area contributed by atoms with Crippen molar-refractivity contribution >= 4 is 23.4 Å². The minimum Gasteiger partial charge on any atom is -0.497 e. The fourth-order valence-corrected chi connectivity index (χ4v) is 3.79. The third-order valence-electron chi connectivity index (χ3n) is 5.15. The van der Waals surface area contributed by atoms with Crippen LogP contribution in [0.3, 0.4) is 0 Å². The molecular formula is C24H29N3O3. The van der Waals surface area contributed by atoms with Crippen LogP contribution in [0, 0.1) is 0 Å². The van der Waals surface area contributed by atoms with E-state index in [0.717, 1.165) is 17.9 Å². The van der Waals surface area contributed by atoms with Gasteiger partial charge in [-0.05, 0) is 75.2 Å². The maximum absolute atomic E-state index is 12.0. The number of nitrogens with zero attached hydrogens (tertiary/aromatic N) is 2. The fourth-order valence-electron chi connectivity index (χ4n) is 3.79. The van der Waals surface area contributed by atoms with Crippen molar-refractivity contribution in [3.63, 3.8) is 0 Å². The zero-order valence-electron chi connectivity index (χ0n) is 18.2. The SMILES string of the molecule is CCN1c2ccc(/C=N\NC(=O)COc3ccc(OC)cc3)cc2C(C)=CC1(C)C. The Morgan fingerprint density at radius 2 is 1.87 bits per heavy atom. The first-order chi connectivity index (χ1) is 14.3. The number of ether oxygens (including phenoxy) is 2. The first kappa shape index (κ1) is 21.4. The predicted octanol–water partition coefficient (Wildman–Crippen LogP) is 4.25. The third-order valence-corrected chi connectivity index (χ3v) is 5.15. The summed E-state index contributed by atoms with van der Waals surface area (Å²) < 4.78 is 10.5. The predicted molar refractivity (Wildman–Crippen MR) is 121 cm³/mol. The van der Waals surface area contributed by atoms with Crippen LogP contribution in [0.25, 0.3) is 5.57 Å². The van der Waals surface area contributed by atoms with E-state index in [1.807, 2.05) is 6.07 Å². The van der Waals surface area contributed by atoms with E-state index in [4.69, 9.17) is 9.47 Å². The van der Waals surface area contributed by atoms with Crippen LogP contribution in [0.15, 0.2) is 53.6 Å². The van der Waals surface area contributed by atoms with Crippen LogP contribution in [0.4, 0.5) is 5.69 Å². The molecule has 0 radical (unpaired) electrons. The Morgan fingerprint density at radius 1 is 1.17 bits per heavy atom. The summed E-state index contributed by atoms with van der Waals surface area (Å²) in [4.78, 5) is 14.4. The lowest BCUT2D eigenvalue weighted by atomic mass is 9.88. The Kier molecular flexibility index (Phi) is 6.45. The van der Waals surface area contributed by atoms with Crippen molar-refractivity contribution < 1.29 is 14.3 Å². The topological polar surface area (TPSA) is 63.2 Å². The van der Waals surface area contributed by atoms with Crippen molar-refractivity contribution in [2.75, 3.05) is 25.2 Å². The molecule has 1 N–H and O–H groups in total. The van der Waals surface area contributed by atoms with Gasteiger partial charge in [0, 0.05) is 17.8 Å². The summed E-state index contributed by atoms with van der Waals surface area (Å²) >= 11 is 0. The van der Waals surface area contributed by atoms with Crippen molar-refractivity contribution in [2.45, 2.75) is 33.2 Å². The number of nitrogens with one attached hydrogen (secondary N) is 1. The molecule has 0 spiro atoms. The number of anilines is 1. The van der Waals surface area contributed by atoms with E-state index in [1.165, 1.54) is 16.8 Å². The monoisotopic (exact) mass is 407 g/mol. The van der Waals surface area contributed by atoms with Crippen LogP contribution < -0.4 is 19.8 Å². The lowest BCUT2D eigenvalue weighted by Crippen LogP contribution is -2.44. The van der Waals surface area contributed by atoms with Gasteiger partial charge in [0.25, 0.3) is 5.91 Å². The minimum atomic E-state index is -0.324. The largest absolute Gasteiger partial charge is 0.497 e. The summed E-state index contributed by atoms with van der Waals surface area (Å²) in [5, 5.41) is 4.07. The molecule has 6 nitrogen and oxygen atoms in total. The first-order valence-corrected chi connectivity index (χ1v) is 10.0. The molecule has 1 heterocycles. The van der Waals surface area contributed by atoms with Crippen LogP contribution in [0.1, 0.15) is 38.8 Å². The molecule has 6 heteroatoms. The average Bonchev–Trinajstić information content (AvgIpc) is 2.72. The number of likely N-dealkylation sites (N-methyl/N-ethyl adjacent to an activating group) is 1. The number of amides is 1. The van der Waals surface area contributed by atoms with Crippen molar-refractivity contribution in [2.24, 2.45) is 5.10 Å². The van der Waals surface area contributed by atoms with Crippen molar-refractivity contribution in [3.05, 3.63) is 59.7 Å². The van der Waals surface area contributed by atoms with Gasteiger partial charge in [-0.2, -0.15) is 5.10 Å². The lowest BCUT2D eigenvalue weighted by molar-refractivity contribution is -0.123. The molecule has 0 saturated heterocycles. The number of carbonyl (C=O) groups excluding carboxylic acids is 1. The molecule has 0 fully saturated rings. The van der Waals surface area contributed by atoms with E-state index in [2.05, 4.69) is 61.3 Å². The maximum Gasteiger partial charge on any atom is 0.277 e. The summed E-state index contributed by atoms with van der Waals surface area (Å²) in [6.07, 6.45) is 3.94. The number of methoxy groups -OCH3 is 1. The third kappa shape index (κ3) is 4.82. The molecule has 0 saturated carbocycles. The highest BCUT2D eigenvalue weighted by atomic mass is 16.5. The number of allylic oxidation sites excluding steroid dienone is 1. The highest BCUT2D eigenvalue weighted by molar-refractivity contribution is 5.88. The smallest absolute Gasteiger partial charge is 0.277 e. The van der Waals surface area contributed by atoms with E-state index in [9.17, 15) is 4.79 Å². The summed E-state index contributed by atoms with van der Waals surface area (Å²) in [6, 6.07) is 13.3. The number of hydrogen-bond donors (Lipinski definition) is 1. The normalized spacial score (nSPS) is 14.8. The highest BCUT2D eigenvalue weighted by Crippen LogP contribution is 2.38. The second-order valence-corrected chi connectivity index (χ2v) is 7.76. The molecule has 1 amide bonds. The lowest BCUT2D eigenvalue weighted by Gasteiger charge is -2.42. The van der Waals surface area contributed by atoms with Gasteiger partial charge in [-0.3, -0.25) is 4.79 Å². The molecule has 0 unspecified atom stereocenters. The summed E-state index contributed by atoms with van der Waals surface area (Å²) in [5.41, 5.74) is 7.06. The van der Waals surface area contributed by atoms with Gasteiger partial charge in [0.15, 0.2) is 6.61 Å². The molecule has 2 aromatic rings. The van der Waals surface area contributed by atoms with Gasteiger partial charge in [0.05, 0.1) is 18.9 Å². The maximum atomic E-state index is 12.0. The molecule has 3 rings (SSSR count). The molecule has 0 atom stereocenters. The summed E-state index contributed by atoms with van der Waals surface area (Å²) in [7, 11) is 1.60.